The van der Waals surface area contributed by atoms with Crippen LogP contribution >= 0.6 is 11.6 Å². The zero-order valence-corrected chi connectivity index (χ0v) is 12.3. The van der Waals surface area contributed by atoms with Crippen LogP contribution in [0.2, 0.25) is 5.02 Å². The summed E-state index contributed by atoms with van der Waals surface area (Å²) in [4.78, 5) is 37.1. The Labute approximate surface area is 131 Å². The molecule has 1 aromatic carbocycles. The standard InChI is InChI=1S/C16H13ClN2O3/c17-11-3-1-2-10(7-11)14(20)18-19-15(21)12-8-4-5-9(6-8)13(12)16(19)22/h1-5,7-9,12-13H,6H2,(H,18,20)/t8-,9-,12+,13+/m0/s1. The molecule has 5 nitrogen and oxygen atoms in total. The van der Waals surface area contributed by atoms with Crippen LogP contribution in [0, 0.1) is 23.7 Å². The molecule has 0 radical (unpaired) electrons. The molecule has 1 saturated carbocycles. The van der Waals surface area contributed by atoms with Crippen molar-refractivity contribution in [1.29, 1.82) is 0 Å². The summed E-state index contributed by atoms with van der Waals surface area (Å²) in [7, 11) is 0. The molecule has 2 bridgehead atoms. The fourth-order valence-electron chi connectivity index (χ4n) is 3.81. The minimum absolute atomic E-state index is 0.125. The third kappa shape index (κ3) is 1.82. The van der Waals surface area contributed by atoms with Gasteiger partial charge in [0.1, 0.15) is 0 Å². The van der Waals surface area contributed by atoms with Crippen molar-refractivity contribution in [1.82, 2.24) is 10.4 Å². The van der Waals surface area contributed by atoms with E-state index < -0.39 is 5.91 Å². The number of carbonyl (C=O) groups excluding carboxylic acids is 3. The lowest BCUT2D eigenvalue weighted by Crippen LogP contribution is -2.47. The van der Waals surface area contributed by atoms with Crippen LogP contribution in [-0.2, 0) is 9.59 Å². The molecule has 2 aliphatic carbocycles. The summed E-state index contributed by atoms with van der Waals surface area (Å²) in [6.07, 6.45) is 4.89. The van der Waals surface area contributed by atoms with Gasteiger partial charge in [-0.2, -0.15) is 5.01 Å². The van der Waals surface area contributed by atoms with E-state index in [2.05, 4.69) is 5.43 Å². The van der Waals surface area contributed by atoms with Crippen LogP contribution in [0.5, 0.6) is 0 Å². The first kappa shape index (κ1) is 13.5. The van der Waals surface area contributed by atoms with Crippen molar-refractivity contribution >= 4 is 29.3 Å². The minimum atomic E-state index is -0.510. The van der Waals surface area contributed by atoms with Gasteiger partial charge in [-0.3, -0.25) is 19.8 Å². The third-order valence-corrected chi connectivity index (χ3v) is 5.01. The van der Waals surface area contributed by atoms with Gasteiger partial charge in [-0.05, 0) is 36.5 Å². The Balaban J connectivity index is 1.56. The summed E-state index contributed by atoms with van der Waals surface area (Å²) in [5, 5.41) is 1.32. The van der Waals surface area contributed by atoms with E-state index in [1.54, 1.807) is 18.2 Å². The van der Waals surface area contributed by atoms with Crippen LogP contribution in [0.1, 0.15) is 16.8 Å². The first-order valence-electron chi connectivity index (χ1n) is 7.19. The maximum absolute atomic E-state index is 12.5. The summed E-state index contributed by atoms with van der Waals surface area (Å²) in [6, 6.07) is 6.37. The Kier molecular flexibility index (Phi) is 2.87. The number of amides is 3. The predicted octanol–water partition coefficient (Wildman–Crippen LogP) is 1.79. The molecule has 4 rings (SSSR count). The SMILES string of the molecule is O=C(NN1C(=O)[C@H]2[C@H](C1=O)[C@H]1C=C[C@H]2C1)c1cccc(Cl)c1. The average Bonchev–Trinajstić information content (AvgIpc) is 3.17. The maximum Gasteiger partial charge on any atom is 0.270 e. The van der Waals surface area contributed by atoms with Gasteiger partial charge in [-0.15, -0.1) is 0 Å². The molecule has 1 heterocycles. The van der Waals surface area contributed by atoms with Gasteiger partial charge in [-0.1, -0.05) is 29.8 Å². The van der Waals surface area contributed by atoms with Crippen molar-refractivity contribution in [2.75, 3.05) is 0 Å². The van der Waals surface area contributed by atoms with Gasteiger partial charge in [0.15, 0.2) is 0 Å². The summed E-state index contributed by atoms with van der Waals surface area (Å²) in [5.41, 5.74) is 2.74. The van der Waals surface area contributed by atoms with E-state index in [9.17, 15) is 14.4 Å². The Bertz CT molecular complexity index is 700. The number of imide groups is 1. The van der Waals surface area contributed by atoms with E-state index in [4.69, 9.17) is 11.6 Å². The van der Waals surface area contributed by atoms with Gasteiger partial charge >= 0.3 is 0 Å². The summed E-state index contributed by atoms with van der Waals surface area (Å²) < 4.78 is 0. The van der Waals surface area contributed by atoms with E-state index in [-0.39, 0.29) is 35.5 Å². The lowest BCUT2D eigenvalue weighted by atomic mass is 9.85. The first-order valence-corrected chi connectivity index (χ1v) is 7.57. The fourth-order valence-corrected chi connectivity index (χ4v) is 4.00. The number of hydrogen-bond acceptors (Lipinski definition) is 3. The number of hydrazine groups is 1. The van der Waals surface area contributed by atoms with Gasteiger partial charge in [0, 0.05) is 10.6 Å². The van der Waals surface area contributed by atoms with Gasteiger partial charge in [0.05, 0.1) is 11.8 Å². The van der Waals surface area contributed by atoms with E-state index in [1.807, 2.05) is 12.2 Å². The molecular formula is C16H13ClN2O3. The molecule has 2 fully saturated rings. The second-order valence-electron chi connectivity index (χ2n) is 5.96. The van der Waals surface area contributed by atoms with Crippen LogP contribution in [0.3, 0.4) is 0 Å². The summed E-state index contributed by atoms with van der Waals surface area (Å²) in [6.45, 7) is 0. The normalized spacial score (nSPS) is 31.8. The van der Waals surface area contributed by atoms with Crippen molar-refractivity contribution in [3.8, 4) is 0 Å². The van der Waals surface area contributed by atoms with Crippen LogP contribution in [0.15, 0.2) is 36.4 Å². The van der Waals surface area contributed by atoms with E-state index in [1.165, 1.54) is 6.07 Å². The highest BCUT2D eigenvalue weighted by molar-refractivity contribution is 6.31. The highest BCUT2D eigenvalue weighted by atomic mass is 35.5. The number of allylic oxidation sites excluding steroid dienone is 2. The largest absolute Gasteiger partial charge is 0.272 e. The van der Waals surface area contributed by atoms with Crippen molar-refractivity contribution in [2.24, 2.45) is 23.7 Å². The Morgan fingerprint density at radius 2 is 1.77 bits per heavy atom. The van der Waals surface area contributed by atoms with Crippen molar-refractivity contribution in [2.45, 2.75) is 6.42 Å². The molecule has 0 aromatic heterocycles. The van der Waals surface area contributed by atoms with Gasteiger partial charge < -0.3 is 0 Å². The van der Waals surface area contributed by atoms with Crippen LogP contribution in [-0.4, -0.2) is 22.7 Å². The molecule has 6 heteroatoms. The lowest BCUT2D eigenvalue weighted by molar-refractivity contribution is -0.143. The summed E-state index contributed by atoms with van der Waals surface area (Å²) >= 11 is 5.85. The van der Waals surface area contributed by atoms with Gasteiger partial charge in [0.25, 0.3) is 17.7 Å². The Hall–Kier alpha value is -2.14. The van der Waals surface area contributed by atoms with E-state index in [0.717, 1.165) is 11.4 Å². The molecule has 0 spiro atoms. The van der Waals surface area contributed by atoms with E-state index >= 15 is 0 Å². The van der Waals surface area contributed by atoms with Crippen molar-refractivity contribution in [3.05, 3.63) is 47.0 Å². The average molecular weight is 317 g/mol. The fraction of sp³-hybridized carbons (Fsp3) is 0.312. The quantitative estimate of drug-likeness (QED) is 0.668. The number of nitrogens with one attached hydrogen (secondary N) is 1. The number of nitrogens with zero attached hydrogens (tertiary/aromatic N) is 1. The molecular weight excluding hydrogens is 304 g/mol. The number of halogens is 1. The molecule has 4 atom stereocenters. The Morgan fingerprint density at radius 1 is 1.14 bits per heavy atom. The van der Waals surface area contributed by atoms with Gasteiger partial charge in [0.2, 0.25) is 0 Å². The molecule has 3 aliphatic rings. The van der Waals surface area contributed by atoms with Crippen LogP contribution < -0.4 is 5.43 Å². The highest BCUT2D eigenvalue weighted by Gasteiger charge is 2.59. The number of carbonyl (C=O) groups is 3. The molecule has 1 N–H and O–H groups in total. The minimum Gasteiger partial charge on any atom is -0.272 e. The monoisotopic (exact) mass is 316 g/mol. The Morgan fingerprint density at radius 3 is 2.36 bits per heavy atom. The zero-order valence-electron chi connectivity index (χ0n) is 11.5. The highest BCUT2D eigenvalue weighted by Crippen LogP contribution is 2.52. The topological polar surface area (TPSA) is 66.5 Å². The second-order valence-corrected chi connectivity index (χ2v) is 6.40. The lowest BCUT2D eigenvalue weighted by Gasteiger charge is -2.18. The van der Waals surface area contributed by atoms with Crippen molar-refractivity contribution < 1.29 is 14.4 Å². The molecule has 1 aromatic rings. The second kappa shape index (κ2) is 4.68. The van der Waals surface area contributed by atoms with Crippen LogP contribution in [0.25, 0.3) is 0 Å². The molecule has 0 unspecified atom stereocenters. The van der Waals surface area contributed by atoms with Crippen LogP contribution in [0.4, 0.5) is 0 Å². The number of benzene rings is 1. The number of hydrogen-bond donors (Lipinski definition) is 1. The zero-order chi connectivity index (χ0) is 15.4. The van der Waals surface area contributed by atoms with E-state index in [0.29, 0.717) is 10.6 Å². The first-order chi connectivity index (χ1) is 10.6. The summed E-state index contributed by atoms with van der Waals surface area (Å²) in [5.74, 6) is -1.50. The molecule has 22 heavy (non-hydrogen) atoms. The third-order valence-electron chi connectivity index (χ3n) is 4.77. The molecule has 112 valence electrons. The molecule has 3 amide bonds. The predicted molar refractivity (Wildman–Crippen MR) is 78.5 cm³/mol. The maximum atomic E-state index is 12.5. The molecule has 1 saturated heterocycles. The number of fused-ring (bicyclic) bond motifs is 5. The molecule has 1 aliphatic heterocycles. The smallest absolute Gasteiger partial charge is 0.270 e. The van der Waals surface area contributed by atoms with Crippen molar-refractivity contribution in [3.63, 3.8) is 0 Å². The number of rotatable bonds is 2. The van der Waals surface area contributed by atoms with Gasteiger partial charge in [-0.25, -0.2) is 0 Å².